The number of rotatable bonds is 9. The van der Waals surface area contributed by atoms with Crippen LogP contribution in [0.3, 0.4) is 0 Å². The van der Waals surface area contributed by atoms with Gasteiger partial charge in [-0.05, 0) is 26.2 Å². The highest BCUT2D eigenvalue weighted by Gasteiger charge is 2.26. The normalized spacial score (nSPS) is 16.5. The Morgan fingerprint density at radius 1 is 1.31 bits per heavy atom. The molecule has 1 atom stereocenters. The topological polar surface area (TPSA) is 68.6 Å². The Balaban J connectivity index is 1.62. The van der Waals surface area contributed by atoms with Crippen molar-refractivity contribution in [2.45, 2.75) is 51.7 Å². The highest BCUT2D eigenvalue weighted by atomic mass is 19.3. The van der Waals surface area contributed by atoms with Gasteiger partial charge in [-0.15, -0.1) is 0 Å². The summed E-state index contributed by atoms with van der Waals surface area (Å²) in [4.78, 5) is 17.5. The van der Waals surface area contributed by atoms with E-state index in [2.05, 4.69) is 15.2 Å². The van der Waals surface area contributed by atoms with Crippen LogP contribution in [0.25, 0.3) is 11.0 Å². The van der Waals surface area contributed by atoms with Crippen molar-refractivity contribution in [2.75, 3.05) is 26.2 Å². The molecule has 1 aliphatic heterocycles. The fraction of sp³-hybridized carbons (Fsp3) is 0.619. The summed E-state index contributed by atoms with van der Waals surface area (Å²) in [6, 6.07) is 0.874. The molecule has 1 amide bonds. The average Bonchev–Trinajstić information content (AvgIpc) is 3.05. The van der Waals surface area contributed by atoms with Crippen LogP contribution in [0.1, 0.15) is 33.1 Å². The van der Waals surface area contributed by atoms with E-state index in [1.165, 1.54) is 18.5 Å². The lowest BCUT2D eigenvalue weighted by atomic mass is 10.1. The van der Waals surface area contributed by atoms with Crippen molar-refractivity contribution in [3.63, 3.8) is 0 Å². The second-order valence-corrected chi connectivity index (χ2v) is 8.07. The second kappa shape index (κ2) is 10.4. The third-order valence-corrected chi connectivity index (χ3v) is 5.46. The zero-order valence-corrected chi connectivity index (χ0v) is 18.3. The van der Waals surface area contributed by atoms with E-state index >= 15 is 0 Å². The Kier molecular flexibility index (Phi) is 7.81. The highest BCUT2D eigenvalue weighted by Crippen LogP contribution is 2.32. The zero-order chi connectivity index (χ0) is 23.4. The first-order valence-electron chi connectivity index (χ1n) is 10.6. The monoisotopic (exact) mass is 460 g/mol. The molecule has 1 saturated heterocycles. The first kappa shape index (κ1) is 24.1. The van der Waals surface area contributed by atoms with Crippen molar-refractivity contribution < 1.29 is 31.8 Å². The summed E-state index contributed by atoms with van der Waals surface area (Å²) >= 11 is 0. The fourth-order valence-electron chi connectivity index (χ4n) is 3.82. The first-order chi connectivity index (χ1) is 15.2. The summed E-state index contributed by atoms with van der Waals surface area (Å²) in [5.74, 6) is -2.48. The van der Waals surface area contributed by atoms with Crippen molar-refractivity contribution in [2.24, 2.45) is 7.05 Å². The third kappa shape index (κ3) is 5.81. The van der Waals surface area contributed by atoms with E-state index < -0.39 is 30.4 Å². The number of likely N-dealkylation sites (tertiary alicyclic amines) is 1. The summed E-state index contributed by atoms with van der Waals surface area (Å²) < 4.78 is 65.8. The summed E-state index contributed by atoms with van der Waals surface area (Å²) in [6.45, 7) is 4.84. The van der Waals surface area contributed by atoms with Gasteiger partial charge in [-0.25, -0.2) is 17.6 Å². The van der Waals surface area contributed by atoms with Crippen LogP contribution < -0.4 is 14.8 Å². The number of hydrogen-bond donors (Lipinski definition) is 1. The molecule has 11 heteroatoms. The van der Waals surface area contributed by atoms with Crippen molar-refractivity contribution in [1.82, 2.24) is 19.8 Å². The number of hydrogen-bond acceptors (Lipinski definition) is 5. The number of amides is 1. The number of aromatic nitrogens is 2. The van der Waals surface area contributed by atoms with E-state index in [0.717, 1.165) is 32.1 Å². The minimum absolute atomic E-state index is 0.0485. The molecule has 1 aliphatic rings. The number of piperidine rings is 1. The molecule has 1 fully saturated rings. The fourth-order valence-corrected chi connectivity index (χ4v) is 3.82. The van der Waals surface area contributed by atoms with Crippen LogP contribution in [-0.4, -0.2) is 65.2 Å². The van der Waals surface area contributed by atoms with E-state index in [1.54, 1.807) is 0 Å². The minimum Gasteiger partial charge on any atom is -0.484 e. The first-order valence-corrected chi connectivity index (χ1v) is 10.6. The van der Waals surface area contributed by atoms with Crippen LogP contribution >= 0.6 is 0 Å². The van der Waals surface area contributed by atoms with Crippen molar-refractivity contribution >= 4 is 16.9 Å². The van der Waals surface area contributed by atoms with Crippen molar-refractivity contribution in [3.8, 4) is 11.8 Å². The Morgan fingerprint density at radius 2 is 2.00 bits per heavy atom. The molecule has 0 aliphatic carbocycles. The van der Waals surface area contributed by atoms with E-state index in [4.69, 9.17) is 9.47 Å². The highest BCUT2D eigenvalue weighted by molar-refractivity contribution is 5.80. The molecule has 7 nitrogen and oxygen atoms in total. The second-order valence-electron chi connectivity index (χ2n) is 8.07. The number of imidazole rings is 1. The molecule has 2 aromatic rings. The van der Waals surface area contributed by atoms with E-state index in [-0.39, 0.29) is 35.1 Å². The number of halogens is 4. The van der Waals surface area contributed by atoms with Gasteiger partial charge >= 0.3 is 0 Å². The molecule has 178 valence electrons. The van der Waals surface area contributed by atoms with E-state index in [1.807, 2.05) is 6.92 Å². The Bertz CT molecular complexity index is 945. The van der Waals surface area contributed by atoms with Crippen LogP contribution in [0.2, 0.25) is 0 Å². The van der Waals surface area contributed by atoms with Crippen LogP contribution in [-0.2, 0) is 11.8 Å². The smallest absolute Gasteiger partial charge is 0.297 e. The lowest BCUT2D eigenvalue weighted by Gasteiger charge is -2.32. The molecule has 0 radical (unpaired) electrons. The van der Waals surface area contributed by atoms with E-state index in [0.29, 0.717) is 12.8 Å². The maximum atomic E-state index is 14.7. The van der Waals surface area contributed by atoms with E-state index in [9.17, 15) is 22.4 Å². The van der Waals surface area contributed by atoms with Gasteiger partial charge in [0.25, 0.3) is 12.4 Å². The van der Waals surface area contributed by atoms with Crippen molar-refractivity contribution in [3.05, 3.63) is 17.7 Å². The largest absolute Gasteiger partial charge is 0.484 e. The van der Waals surface area contributed by atoms with Gasteiger partial charge in [-0.1, -0.05) is 0 Å². The predicted molar refractivity (Wildman–Crippen MR) is 110 cm³/mol. The van der Waals surface area contributed by atoms with Gasteiger partial charge < -0.3 is 19.7 Å². The number of aryl methyl sites for hydroxylation is 1. The predicted octanol–water partition coefficient (Wildman–Crippen LogP) is 3.25. The Labute approximate surface area is 183 Å². The number of nitrogens with one attached hydrogen (secondary N) is 1. The van der Waals surface area contributed by atoms with Gasteiger partial charge in [0.15, 0.2) is 17.4 Å². The quantitative estimate of drug-likeness (QED) is 0.582. The van der Waals surface area contributed by atoms with Gasteiger partial charge in [-0.2, -0.15) is 4.98 Å². The summed E-state index contributed by atoms with van der Waals surface area (Å²) in [5, 5.41) is 2.86. The van der Waals surface area contributed by atoms with Crippen molar-refractivity contribution in [1.29, 1.82) is 0 Å². The molecular weight excluding hydrogens is 432 g/mol. The van der Waals surface area contributed by atoms with Gasteiger partial charge in [0, 0.05) is 45.7 Å². The molecule has 0 bridgehead atoms. The third-order valence-electron chi connectivity index (χ3n) is 5.46. The number of nitrogens with zero attached hydrogens (tertiary/aromatic N) is 3. The lowest BCUT2D eigenvalue weighted by molar-refractivity contribution is -0.119. The molecule has 1 N–H and O–H groups in total. The van der Waals surface area contributed by atoms with Gasteiger partial charge in [0.2, 0.25) is 5.91 Å². The number of carbonyl (C=O) groups is 1. The molecule has 0 unspecified atom stereocenters. The maximum Gasteiger partial charge on any atom is 0.297 e. The molecule has 3 rings (SSSR count). The minimum atomic E-state index is -2.81. The molecule has 32 heavy (non-hydrogen) atoms. The number of ether oxygens (including phenoxy) is 2. The van der Waals surface area contributed by atoms with Crippen LogP contribution in [0.5, 0.6) is 11.8 Å². The number of benzene rings is 1. The molecule has 0 saturated carbocycles. The Morgan fingerprint density at radius 3 is 2.62 bits per heavy atom. The van der Waals surface area contributed by atoms with Gasteiger partial charge in [0.05, 0.1) is 0 Å². The summed E-state index contributed by atoms with van der Waals surface area (Å²) in [6.07, 6.45) is -0.713. The van der Waals surface area contributed by atoms with Gasteiger partial charge in [0.1, 0.15) is 23.7 Å². The summed E-state index contributed by atoms with van der Waals surface area (Å²) in [7, 11) is 1.47. The van der Waals surface area contributed by atoms with Gasteiger partial charge in [-0.3, -0.25) is 9.36 Å². The molecule has 0 spiro atoms. The standard InChI is InChI=1S/C21H28F4N4O3/c1-12(26-13(2)30)4-7-29-8-5-14(6-9-29)32-21-27-19-15(22)10-16(31-11-17(23)24)18(25)20(19)28(21)3/h10,12,14,17H,4-9,11H2,1-3H3,(H,26,30)/t12-/m0/s1. The SMILES string of the molecule is CC(=O)N[C@@H](C)CCN1CCC(Oc2nc3c(F)cc(OCC(F)F)c(F)c3n2C)CC1. The number of fused-ring (bicyclic) bond motifs is 1. The molecule has 1 aromatic heterocycles. The summed E-state index contributed by atoms with van der Waals surface area (Å²) in [5.41, 5.74) is -0.442. The van der Waals surface area contributed by atoms with Crippen LogP contribution in [0, 0.1) is 11.6 Å². The van der Waals surface area contributed by atoms with Crippen LogP contribution in [0.15, 0.2) is 6.07 Å². The number of carbonyl (C=O) groups excluding carboxylic acids is 1. The van der Waals surface area contributed by atoms with Crippen LogP contribution in [0.4, 0.5) is 17.6 Å². The molecule has 1 aromatic carbocycles. The maximum absolute atomic E-state index is 14.7. The average molecular weight is 460 g/mol. The number of alkyl halides is 2. The zero-order valence-electron chi connectivity index (χ0n) is 18.3. The lowest BCUT2D eigenvalue weighted by Crippen LogP contribution is -2.41. The Hall–Kier alpha value is -2.56. The molecular formula is C21H28F4N4O3. The molecule has 2 heterocycles.